The Balaban J connectivity index is 2.23. The molecule has 0 bridgehead atoms. The van der Waals surface area contributed by atoms with Gasteiger partial charge < -0.3 is 10.6 Å². The third-order valence-corrected chi connectivity index (χ3v) is 2.78. The van der Waals surface area contributed by atoms with Gasteiger partial charge in [-0.3, -0.25) is 9.48 Å². The van der Waals surface area contributed by atoms with Crippen molar-refractivity contribution in [2.24, 2.45) is 5.92 Å². The Morgan fingerprint density at radius 2 is 2.05 bits per heavy atom. The SMILES string of the molecule is CC(C)C(=O)NCCNCc1cnn(C(C)(C)C)c1. The van der Waals surface area contributed by atoms with Gasteiger partial charge in [-0.1, -0.05) is 13.8 Å². The summed E-state index contributed by atoms with van der Waals surface area (Å²) in [5, 5.41) is 10.5. The molecule has 108 valence electrons. The molecule has 0 saturated carbocycles. The highest BCUT2D eigenvalue weighted by Gasteiger charge is 2.13. The Bertz CT molecular complexity index is 404. The Hall–Kier alpha value is -1.36. The van der Waals surface area contributed by atoms with E-state index >= 15 is 0 Å². The minimum atomic E-state index is 0.0174. The zero-order valence-electron chi connectivity index (χ0n) is 12.7. The maximum absolute atomic E-state index is 11.3. The van der Waals surface area contributed by atoms with Crippen LogP contribution in [0.25, 0.3) is 0 Å². The van der Waals surface area contributed by atoms with Crippen LogP contribution in [0.1, 0.15) is 40.2 Å². The second-order valence-corrected chi connectivity index (χ2v) is 6.09. The Morgan fingerprint density at radius 1 is 1.37 bits per heavy atom. The van der Waals surface area contributed by atoms with Gasteiger partial charge in [-0.25, -0.2) is 0 Å². The number of rotatable bonds is 6. The highest BCUT2D eigenvalue weighted by molar-refractivity contribution is 5.77. The lowest BCUT2D eigenvalue weighted by molar-refractivity contribution is -0.123. The molecule has 5 nitrogen and oxygen atoms in total. The smallest absolute Gasteiger partial charge is 0.222 e. The van der Waals surface area contributed by atoms with Crippen molar-refractivity contribution in [3.05, 3.63) is 18.0 Å². The van der Waals surface area contributed by atoms with Crippen molar-refractivity contribution in [1.29, 1.82) is 0 Å². The van der Waals surface area contributed by atoms with E-state index in [1.54, 1.807) is 0 Å². The van der Waals surface area contributed by atoms with Crippen LogP contribution in [-0.2, 0) is 16.9 Å². The molecule has 0 saturated heterocycles. The summed E-state index contributed by atoms with van der Waals surface area (Å²) in [6, 6.07) is 0. The number of hydrogen-bond donors (Lipinski definition) is 2. The minimum absolute atomic E-state index is 0.0174. The standard InChI is InChI=1S/C14H26N4O/c1-11(2)13(19)16-7-6-15-8-12-9-17-18(10-12)14(3,4)5/h9-11,15H,6-8H2,1-5H3,(H,16,19). The van der Waals surface area contributed by atoms with E-state index in [4.69, 9.17) is 0 Å². The van der Waals surface area contributed by atoms with Gasteiger partial charge in [0, 0.05) is 37.3 Å². The third-order valence-electron chi connectivity index (χ3n) is 2.78. The zero-order chi connectivity index (χ0) is 14.5. The first-order chi connectivity index (χ1) is 8.80. The van der Waals surface area contributed by atoms with E-state index in [0.29, 0.717) is 6.54 Å². The summed E-state index contributed by atoms with van der Waals surface area (Å²) in [6.07, 6.45) is 3.94. The van der Waals surface area contributed by atoms with Crippen molar-refractivity contribution < 1.29 is 4.79 Å². The molecule has 1 rings (SSSR count). The topological polar surface area (TPSA) is 59.0 Å². The normalized spacial score (nSPS) is 11.9. The predicted octanol–water partition coefficient (Wildman–Crippen LogP) is 1.50. The second kappa shape index (κ2) is 6.70. The number of aromatic nitrogens is 2. The molecule has 2 N–H and O–H groups in total. The van der Waals surface area contributed by atoms with Crippen molar-refractivity contribution in [1.82, 2.24) is 20.4 Å². The molecule has 0 spiro atoms. The van der Waals surface area contributed by atoms with Gasteiger partial charge in [0.1, 0.15) is 0 Å². The molecule has 0 fully saturated rings. The fourth-order valence-corrected chi connectivity index (χ4v) is 1.53. The van der Waals surface area contributed by atoms with Gasteiger partial charge in [0.15, 0.2) is 0 Å². The van der Waals surface area contributed by atoms with Crippen LogP contribution in [0.4, 0.5) is 0 Å². The number of nitrogens with one attached hydrogen (secondary N) is 2. The molecule has 0 aliphatic heterocycles. The van der Waals surface area contributed by atoms with E-state index in [1.807, 2.05) is 24.7 Å². The molecule has 0 radical (unpaired) electrons. The van der Waals surface area contributed by atoms with Gasteiger partial charge in [0.2, 0.25) is 5.91 Å². The van der Waals surface area contributed by atoms with Crippen LogP contribution < -0.4 is 10.6 Å². The highest BCUT2D eigenvalue weighted by atomic mass is 16.1. The predicted molar refractivity (Wildman–Crippen MR) is 76.8 cm³/mol. The summed E-state index contributed by atoms with van der Waals surface area (Å²) >= 11 is 0. The summed E-state index contributed by atoms with van der Waals surface area (Å²) in [7, 11) is 0. The van der Waals surface area contributed by atoms with Crippen molar-refractivity contribution in [2.75, 3.05) is 13.1 Å². The van der Waals surface area contributed by atoms with Crippen LogP contribution in [-0.4, -0.2) is 28.8 Å². The second-order valence-electron chi connectivity index (χ2n) is 6.09. The molecule has 1 aromatic heterocycles. The van der Waals surface area contributed by atoms with Gasteiger partial charge in [-0.15, -0.1) is 0 Å². The van der Waals surface area contributed by atoms with Crippen molar-refractivity contribution >= 4 is 5.91 Å². The van der Waals surface area contributed by atoms with Crippen molar-refractivity contribution in [3.8, 4) is 0 Å². The van der Waals surface area contributed by atoms with E-state index < -0.39 is 0 Å². The van der Waals surface area contributed by atoms with E-state index in [1.165, 1.54) is 0 Å². The highest BCUT2D eigenvalue weighted by Crippen LogP contribution is 2.12. The summed E-state index contributed by atoms with van der Waals surface area (Å²) in [4.78, 5) is 11.3. The largest absolute Gasteiger partial charge is 0.355 e. The lowest BCUT2D eigenvalue weighted by Gasteiger charge is -2.18. The van der Waals surface area contributed by atoms with E-state index in [-0.39, 0.29) is 17.4 Å². The van der Waals surface area contributed by atoms with Crippen molar-refractivity contribution in [2.45, 2.75) is 46.7 Å². The fraction of sp³-hybridized carbons (Fsp3) is 0.714. The average molecular weight is 266 g/mol. The monoisotopic (exact) mass is 266 g/mol. The van der Waals surface area contributed by atoms with Gasteiger partial charge in [-0.05, 0) is 20.8 Å². The van der Waals surface area contributed by atoms with Crippen LogP contribution in [0.3, 0.4) is 0 Å². The molecule has 5 heteroatoms. The van der Waals surface area contributed by atoms with Gasteiger partial charge in [0.25, 0.3) is 0 Å². The number of carbonyl (C=O) groups excluding carboxylic acids is 1. The maximum atomic E-state index is 11.3. The number of amides is 1. The first kappa shape index (κ1) is 15.7. The first-order valence-electron chi connectivity index (χ1n) is 6.83. The molecule has 0 atom stereocenters. The Labute approximate surface area is 115 Å². The zero-order valence-corrected chi connectivity index (χ0v) is 12.7. The quantitative estimate of drug-likeness (QED) is 0.767. The van der Waals surface area contributed by atoms with Gasteiger partial charge in [-0.2, -0.15) is 5.10 Å². The Morgan fingerprint density at radius 3 is 2.58 bits per heavy atom. The summed E-state index contributed by atoms with van der Waals surface area (Å²) in [5.74, 6) is 0.146. The molecule has 1 heterocycles. The lowest BCUT2D eigenvalue weighted by atomic mass is 10.1. The fourth-order valence-electron chi connectivity index (χ4n) is 1.53. The maximum Gasteiger partial charge on any atom is 0.222 e. The number of hydrogen-bond acceptors (Lipinski definition) is 3. The molecular weight excluding hydrogens is 240 g/mol. The van der Waals surface area contributed by atoms with Crippen LogP contribution in [0, 0.1) is 5.92 Å². The first-order valence-corrected chi connectivity index (χ1v) is 6.83. The third kappa shape index (κ3) is 5.42. The van der Waals surface area contributed by atoms with Gasteiger partial charge in [0.05, 0.1) is 11.7 Å². The summed E-state index contributed by atoms with van der Waals surface area (Å²) in [5.41, 5.74) is 1.17. The van der Waals surface area contributed by atoms with E-state index in [0.717, 1.165) is 18.7 Å². The lowest BCUT2D eigenvalue weighted by Crippen LogP contribution is -2.34. The minimum Gasteiger partial charge on any atom is -0.355 e. The van der Waals surface area contributed by atoms with Gasteiger partial charge >= 0.3 is 0 Å². The molecule has 0 aliphatic carbocycles. The van der Waals surface area contributed by atoms with Crippen LogP contribution in [0.2, 0.25) is 0 Å². The Kier molecular flexibility index (Phi) is 5.54. The van der Waals surface area contributed by atoms with Crippen LogP contribution >= 0.6 is 0 Å². The number of carbonyl (C=O) groups is 1. The molecule has 0 aromatic carbocycles. The molecule has 1 amide bonds. The summed E-state index contributed by atoms with van der Waals surface area (Å²) in [6.45, 7) is 12.3. The van der Waals surface area contributed by atoms with E-state index in [9.17, 15) is 4.79 Å². The van der Waals surface area contributed by atoms with Crippen LogP contribution in [0.15, 0.2) is 12.4 Å². The van der Waals surface area contributed by atoms with E-state index in [2.05, 4.69) is 42.7 Å². The average Bonchev–Trinajstić information content (AvgIpc) is 2.76. The molecule has 0 aliphatic rings. The number of nitrogens with zero attached hydrogens (tertiary/aromatic N) is 2. The van der Waals surface area contributed by atoms with Crippen molar-refractivity contribution in [3.63, 3.8) is 0 Å². The summed E-state index contributed by atoms with van der Waals surface area (Å²) < 4.78 is 1.96. The molecule has 0 unspecified atom stereocenters. The molecule has 19 heavy (non-hydrogen) atoms. The molecular formula is C14H26N4O. The van der Waals surface area contributed by atoms with Crippen LogP contribution in [0.5, 0.6) is 0 Å². The molecule has 1 aromatic rings.